The van der Waals surface area contributed by atoms with Crippen LogP contribution >= 0.6 is 0 Å². The molecule has 0 aliphatic rings. The molecule has 4 heteroatoms. The van der Waals surface area contributed by atoms with Gasteiger partial charge in [0.1, 0.15) is 5.82 Å². The molecule has 1 N–H and O–H groups in total. The van der Waals surface area contributed by atoms with Crippen LogP contribution in [0.5, 0.6) is 0 Å². The van der Waals surface area contributed by atoms with Gasteiger partial charge in [0.15, 0.2) is 0 Å². The molecular formula is C14H20FNO2. The fourth-order valence-electron chi connectivity index (χ4n) is 2.01. The number of carboxylic acids is 1. The van der Waals surface area contributed by atoms with Crippen molar-refractivity contribution in [3.05, 3.63) is 35.1 Å². The van der Waals surface area contributed by atoms with Gasteiger partial charge in [-0.2, -0.15) is 0 Å². The number of rotatable bonds is 4. The molecule has 0 bridgehead atoms. The quantitative estimate of drug-likeness (QED) is 0.896. The summed E-state index contributed by atoms with van der Waals surface area (Å²) in [5.41, 5.74) is 0.676. The second-order valence-electron chi connectivity index (χ2n) is 5.85. The summed E-state index contributed by atoms with van der Waals surface area (Å²) in [5.74, 6) is -1.91. The van der Waals surface area contributed by atoms with Crippen LogP contribution in [0.1, 0.15) is 36.7 Å². The number of benzene rings is 1. The van der Waals surface area contributed by atoms with E-state index in [2.05, 4.69) is 25.7 Å². The zero-order valence-corrected chi connectivity index (χ0v) is 11.3. The van der Waals surface area contributed by atoms with Crippen LogP contribution in [0.4, 0.5) is 4.39 Å². The molecule has 0 aliphatic heterocycles. The largest absolute Gasteiger partial charge is 0.478 e. The third kappa shape index (κ3) is 4.45. The van der Waals surface area contributed by atoms with E-state index in [0.29, 0.717) is 6.54 Å². The summed E-state index contributed by atoms with van der Waals surface area (Å²) in [6.45, 7) is 7.90. The van der Waals surface area contributed by atoms with Gasteiger partial charge in [-0.15, -0.1) is 0 Å². The first-order valence-electron chi connectivity index (χ1n) is 5.89. The molecule has 18 heavy (non-hydrogen) atoms. The molecule has 0 spiro atoms. The van der Waals surface area contributed by atoms with Gasteiger partial charge in [-0.3, -0.25) is 0 Å². The van der Waals surface area contributed by atoms with Crippen LogP contribution in [0.25, 0.3) is 0 Å². The minimum atomic E-state index is -1.23. The predicted octanol–water partition coefficient (Wildman–Crippen LogP) is 3.00. The van der Waals surface area contributed by atoms with Crippen LogP contribution in [0, 0.1) is 11.2 Å². The molecule has 1 aromatic rings. The van der Waals surface area contributed by atoms with Gasteiger partial charge < -0.3 is 10.0 Å². The van der Waals surface area contributed by atoms with Crippen molar-refractivity contribution in [1.82, 2.24) is 4.90 Å². The van der Waals surface area contributed by atoms with Crippen molar-refractivity contribution in [1.29, 1.82) is 0 Å². The highest BCUT2D eigenvalue weighted by Crippen LogP contribution is 2.17. The van der Waals surface area contributed by atoms with Crippen molar-refractivity contribution >= 4 is 5.97 Å². The summed E-state index contributed by atoms with van der Waals surface area (Å²) in [4.78, 5) is 12.8. The van der Waals surface area contributed by atoms with Gasteiger partial charge in [-0.25, -0.2) is 9.18 Å². The maximum atomic E-state index is 13.5. The van der Waals surface area contributed by atoms with Crippen LogP contribution in [0.15, 0.2) is 18.2 Å². The van der Waals surface area contributed by atoms with Crippen LogP contribution in [-0.2, 0) is 6.54 Å². The summed E-state index contributed by atoms with van der Waals surface area (Å²) in [7, 11) is 1.97. The summed E-state index contributed by atoms with van der Waals surface area (Å²) >= 11 is 0. The molecule has 0 aliphatic carbocycles. The van der Waals surface area contributed by atoms with Crippen LogP contribution in [-0.4, -0.2) is 29.6 Å². The fourth-order valence-corrected chi connectivity index (χ4v) is 2.01. The van der Waals surface area contributed by atoms with Crippen LogP contribution in [0.3, 0.4) is 0 Å². The van der Waals surface area contributed by atoms with E-state index in [-0.39, 0.29) is 11.0 Å². The fraction of sp³-hybridized carbons (Fsp3) is 0.500. The molecule has 0 saturated carbocycles. The average Bonchev–Trinajstić information content (AvgIpc) is 2.13. The van der Waals surface area contributed by atoms with E-state index < -0.39 is 11.8 Å². The Kier molecular flexibility index (Phi) is 4.46. The molecule has 0 radical (unpaired) electrons. The van der Waals surface area contributed by atoms with E-state index in [1.165, 1.54) is 12.1 Å². The Balaban J connectivity index is 2.75. The Labute approximate surface area is 107 Å². The Hall–Kier alpha value is -1.42. The number of nitrogens with zero attached hydrogens (tertiary/aromatic N) is 1. The molecule has 0 unspecified atom stereocenters. The van der Waals surface area contributed by atoms with Crippen molar-refractivity contribution in [2.24, 2.45) is 5.41 Å². The van der Waals surface area contributed by atoms with Gasteiger partial charge in [0.2, 0.25) is 0 Å². The molecule has 0 aromatic heterocycles. The summed E-state index contributed by atoms with van der Waals surface area (Å²) in [6, 6.07) is 4.27. The van der Waals surface area contributed by atoms with Crippen LogP contribution in [0.2, 0.25) is 0 Å². The third-order valence-corrected chi connectivity index (χ3v) is 2.46. The number of hydrogen-bond donors (Lipinski definition) is 1. The van der Waals surface area contributed by atoms with E-state index in [1.54, 1.807) is 6.07 Å². The highest BCUT2D eigenvalue weighted by atomic mass is 19.1. The predicted molar refractivity (Wildman–Crippen MR) is 69.1 cm³/mol. The number of hydrogen-bond acceptors (Lipinski definition) is 2. The van der Waals surface area contributed by atoms with Gasteiger partial charge in [-0.1, -0.05) is 26.8 Å². The lowest BCUT2D eigenvalue weighted by molar-refractivity contribution is 0.0692. The minimum absolute atomic E-state index is 0.175. The summed E-state index contributed by atoms with van der Waals surface area (Å²) < 4.78 is 13.5. The summed E-state index contributed by atoms with van der Waals surface area (Å²) in [5, 5.41) is 8.74. The first-order chi connectivity index (χ1) is 8.19. The standard InChI is InChI=1S/C14H20FNO2/c1-14(2,3)9-16(4)8-10-5-6-11(13(17)18)12(15)7-10/h5-7H,8-9H2,1-4H3,(H,17,18). The topological polar surface area (TPSA) is 40.5 Å². The zero-order valence-electron chi connectivity index (χ0n) is 11.3. The second-order valence-corrected chi connectivity index (χ2v) is 5.85. The minimum Gasteiger partial charge on any atom is -0.478 e. The smallest absolute Gasteiger partial charge is 0.338 e. The maximum Gasteiger partial charge on any atom is 0.338 e. The first kappa shape index (κ1) is 14.6. The monoisotopic (exact) mass is 253 g/mol. The van der Waals surface area contributed by atoms with Gasteiger partial charge in [0.05, 0.1) is 5.56 Å². The Bertz CT molecular complexity index is 438. The van der Waals surface area contributed by atoms with Crippen molar-refractivity contribution in [2.75, 3.05) is 13.6 Å². The lowest BCUT2D eigenvalue weighted by Gasteiger charge is -2.26. The van der Waals surface area contributed by atoms with Crippen molar-refractivity contribution in [3.8, 4) is 0 Å². The molecule has 100 valence electrons. The van der Waals surface area contributed by atoms with Crippen LogP contribution < -0.4 is 0 Å². The van der Waals surface area contributed by atoms with E-state index in [0.717, 1.165) is 12.1 Å². The second kappa shape index (κ2) is 5.48. The molecule has 0 fully saturated rings. The molecule has 1 aromatic carbocycles. The number of halogens is 1. The molecule has 3 nitrogen and oxygen atoms in total. The molecule has 0 amide bonds. The molecule has 1 rings (SSSR count). The highest BCUT2D eigenvalue weighted by molar-refractivity contribution is 5.87. The van der Waals surface area contributed by atoms with Gasteiger partial charge in [0, 0.05) is 13.1 Å². The maximum absolute atomic E-state index is 13.5. The van der Waals surface area contributed by atoms with Crippen molar-refractivity contribution in [3.63, 3.8) is 0 Å². The van der Waals surface area contributed by atoms with Crippen molar-refractivity contribution in [2.45, 2.75) is 27.3 Å². The van der Waals surface area contributed by atoms with E-state index in [4.69, 9.17) is 5.11 Å². The lowest BCUT2D eigenvalue weighted by Crippen LogP contribution is -2.28. The SMILES string of the molecule is CN(Cc1ccc(C(=O)O)c(F)c1)CC(C)(C)C. The van der Waals surface area contributed by atoms with E-state index in [9.17, 15) is 9.18 Å². The molecule has 0 heterocycles. The van der Waals surface area contributed by atoms with E-state index in [1.807, 2.05) is 7.05 Å². The number of aromatic carboxylic acids is 1. The molecule has 0 atom stereocenters. The Morgan fingerprint density at radius 1 is 1.39 bits per heavy atom. The Morgan fingerprint density at radius 2 is 2.00 bits per heavy atom. The lowest BCUT2D eigenvalue weighted by atomic mass is 9.96. The summed E-state index contributed by atoms with van der Waals surface area (Å²) in [6.07, 6.45) is 0. The first-order valence-corrected chi connectivity index (χ1v) is 5.89. The van der Waals surface area contributed by atoms with Gasteiger partial charge in [-0.05, 0) is 30.2 Å². The number of carboxylic acid groups (broad SMARTS) is 1. The van der Waals surface area contributed by atoms with Crippen molar-refractivity contribution < 1.29 is 14.3 Å². The van der Waals surface area contributed by atoms with E-state index >= 15 is 0 Å². The average molecular weight is 253 g/mol. The normalized spacial score (nSPS) is 11.9. The number of carbonyl (C=O) groups is 1. The van der Waals surface area contributed by atoms with Gasteiger partial charge >= 0.3 is 5.97 Å². The van der Waals surface area contributed by atoms with Gasteiger partial charge in [0.25, 0.3) is 0 Å². The molecular weight excluding hydrogens is 233 g/mol. The zero-order chi connectivity index (χ0) is 13.9. The molecule has 0 saturated heterocycles. The Morgan fingerprint density at radius 3 is 2.44 bits per heavy atom. The third-order valence-electron chi connectivity index (χ3n) is 2.46. The highest BCUT2D eigenvalue weighted by Gasteiger charge is 2.15.